The molecule has 1 atom stereocenters. The van der Waals surface area contributed by atoms with Crippen LogP contribution in [0.3, 0.4) is 0 Å². The summed E-state index contributed by atoms with van der Waals surface area (Å²) in [5.74, 6) is -6.80. The maximum Gasteiger partial charge on any atom is 0.312 e. The van der Waals surface area contributed by atoms with Gasteiger partial charge in [0.05, 0.1) is 13.1 Å². The summed E-state index contributed by atoms with van der Waals surface area (Å²) in [7, 11) is 0. The number of rotatable bonds is 5. The van der Waals surface area contributed by atoms with E-state index in [0.717, 1.165) is 4.90 Å². The predicted molar refractivity (Wildman–Crippen MR) is 119 cm³/mol. The van der Waals surface area contributed by atoms with Crippen LogP contribution < -0.4 is 16.2 Å². The van der Waals surface area contributed by atoms with Crippen molar-refractivity contribution in [1.29, 1.82) is 0 Å². The molecule has 2 aliphatic heterocycles. The zero-order valence-corrected chi connectivity index (χ0v) is 19.1. The highest BCUT2D eigenvalue weighted by Crippen LogP contribution is 2.26. The van der Waals surface area contributed by atoms with E-state index in [0.29, 0.717) is 18.4 Å². The van der Waals surface area contributed by atoms with E-state index in [1.54, 1.807) is 0 Å². The number of aryl methyl sites for hydroxylation is 1. The lowest BCUT2D eigenvalue weighted by atomic mass is 10.0. The van der Waals surface area contributed by atoms with E-state index in [9.17, 15) is 37.5 Å². The van der Waals surface area contributed by atoms with Gasteiger partial charge in [-0.1, -0.05) is 12.1 Å². The standard InChI is InChI=1S/C23H24F3N5O5/c24-15-4-1-13(2-5-15)9-27-19(33)17-18(32)21(35)31-8-7-14(3-6-16(31)29-17)10-28-20(34)22(36)30-11-23(25,26)12-30/h1-2,4-5,14,32H,3,6-12H2,(H,27,33)(H,28,34). The summed E-state index contributed by atoms with van der Waals surface area (Å²) >= 11 is 0. The van der Waals surface area contributed by atoms with Crippen molar-refractivity contribution < 1.29 is 32.7 Å². The minimum Gasteiger partial charge on any atom is -0.501 e. The SMILES string of the molecule is O=C(NCC1CCc2nc(C(=O)NCc3ccc(F)cc3)c(O)c(=O)n2CC1)C(=O)N1CC(F)(F)C1. The highest BCUT2D eigenvalue weighted by Gasteiger charge is 2.47. The fourth-order valence-corrected chi connectivity index (χ4v) is 4.14. The fraction of sp³-hybridized carbons (Fsp3) is 0.435. The first-order valence-corrected chi connectivity index (χ1v) is 11.3. The van der Waals surface area contributed by atoms with Gasteiger partial charge in [0.1, 0.15) is 11.6 Å². The van der Waals surface area contributed by atoms with E-state index in [1.807, 2.05) is 0 Å². The topological polar surface area (TPSA) is 134 Å². The molecule has 2 aliphatic rings. The van der Waals surface area contributed by atoms with Gasteiger partial charge in [-0.05, 0) is 36.5 Å². The molecule has 2 aromatic rings. The maximum atomic E-state index is 13.0. The van der Waals surface area contributed by atoms with Crippen LogP contribution in [0.4, 0.5) is 13.2 Å². The first-order valence-electron chi connectivity index (χ1n) is 11.3. The Morgan fingerprint density at radius 2 is 1.81 bits per heavy atom. The molecule has 0 saturated carbocycles. The molecule has 1 aromatic heterocycles. The number of benzene rings is 1. The largest absolute Gasteiger partial charge is 0.501 e. The first-order chi connectivity index (χ1) is 17.0. The molecule has 1 fully saturated rings. The predicted octanol–water partition coefficient (Wildman–Crippen LogP) is 0.564. The zero-order chi connectivity index (χ0) is 26.0. The molecular formula is C23H24F3N5O5. The highest BCUT2D eigenvalue weighted by atomic mass is 19.3. The van der Waals surface area contributed by atoms with Crippen molar-refractivity contribution >= 4 is 17.7 Å². The number of fused-ring (bicyclic) bond motifs is 1. The average Bonchev–Trinajstić information content (AvgIpc) is 3.04. The van der Waals surface area contributed by atoms with Gasteiger partial charge in [0.15, 0.2) is 5.69 Å². The van der Waals surface area contributed by atoms with Gasteiger partial charge >= 0.3 is 11.8 Å². The summed E-state index contributed by atoms with van der Waals surface area (Å²) < 4.78 is 40.1. The average molecular weight is 507 g/mol. The van der Waals surface area contributed by atoms with E-state index in [4.69, 9.17) is 0 Å². The maximum absolute atomic E-state index is 13.0. The molecule has 1 aromatic carbocycles. The molecule has 0 radical (unpaired) electrons. The third-order valence-electron chi connectivity index (χ3n) is 6.22. The van der Waals surface area contributed by atoms with Crippen molar-refractivity contribution in [3.63, 3.8) is 0 Å². The Balaban J connectivity index is 1.35. The number of alkyl halides is 2. The quantitative estimate of drug-likeness (QED) is 0.507. The van der Waals surface area contributed by atoms with Crippen LogP contribution in [-0.2, 0) is 29.1 Å². The van der Waals surface area contributed by atoms with Crippen molar-refractivity contribution in [1.82, 2.24) is 25.1 Å². The normalized spacial score (nSPS) is 18.4. The van der Waals surface area contributed by atoms with E-state index < -0.39 is 59.6 Å². The van der Waals surface area contributed by atoms with Gasteiger partial charge in [-0.3, -0.25) is 23.7 Å². The molecule has 3 amide bonds. The third-order valence-corrected chi connectivity index (χ3v) is 6.22. The van der Waals surface area contributed by atoms with Gasteiger partial charge in [-0.25, -0.2) is 18.2 Å². The Morgan fingerprint density at radius 1 is 1.11 bits per heavy atom. The van der Waals surface area contributed by atoms with Crippen LogP contribution in [0.2, 0.25) is 0 Å². The molecule has 36 heavy (non-hydrogen) atoms. The second kappa shape index (κ2) is 9.99. The number of likely N-dealkylation sites (tertiary alicyclic amines) is 1. The van der Waals surface area contributed by atoms with Crippen molar-refractivity contribution in [3.05, 3.63) is 57.5 Å². The molecule has 0 bridgehead atoms. The Hall–Kier alpha value is -3.90. The summed E-state index contributed by atoms with van der Waals surface area (Å²) in [6.45, 7) is -1.27. The second-order valence-electron chi connectivity index (χ2n) is 8.91. The fourth-order valence-electron chi connectivity index (χ4n) is 4.14. The minimum absolute atomic E-state index is 0.0359. The molecule has 10 nitrogen and oxygen atoms in total. The van der Waals surface area contributed by atoms with Crippen molar-refractivity contribution in [2.45, 2.75) is 38.3 Å². The van der Waals surface area contributed by atoms with Gasteiger partial charge in [0.2, 0.25) is 5.75 Å². The molecule has 13 heteroatoms. The molecule has 3 heterocycles. The van der Waals surface area contributed by atoms with E-state index in [2.05, 4.69) is 15.6 Å². The van der Waals surface area contributed by atoms with E-state index in [-0.39, 0.29) is 37.8 Å². The molecule has 3 N–H and O–H groups in total. The van der Waals surface area contributed by atoms with Crippen LogP contribution in [0.5, 0.6) is 5.75 Å². The van der Waals surface area contributed by atoms with Gasteiger partial charge in [-0.15, -0.1) is 0 Å². The van der Waals surface area contributed by atoms with Crippen LogP contribution in [0.1, 0.15) is 34.7 Å². The number of nitrogens with zero attached hydrogens (tertiary/aromatic N) is 3. The number of carbonyl (C=O) groups is 3. The van der Waals surface area contributed by atoms with Gasteiger partial charge in [0.25, 0.3) is 17.4 Å². The van der Waals surface area contributed by atoms with Crippen molar-refractivity contribution in [2.75, 3.05) is 19.6 Å². The second-order valence-corrected chi connectivity index (χ2v) is 8.91. The molecule has 4 rings (SSSR count). The van der Waals surface area contributed by atoms with Crippen LogP contribution in [0, 0.1) is 11.7 Å². The van der Waals surface area contributed by atoms with E-state index >= 15 is 0 Å². The zero-order valence-electron chi connectivity index (χ0n) is 19.1. The number of aromatic hydroxyl groups is 1. The van der Waals surface area contributed by atoms with E-state index in [1.165, 1.54) is 28.8 Å². The lowest BCUT2D eigenvalue weighted by molar-refractivity contribution is -0.170. The molecule has 1 saturated heterocycles. The van der Waals surface area contributed by atoms with Gasteiger partial charge < -0.3 is 20.6 Å². The summed E-state index contributed by atoms with van der Waals surface area (Å²) in [4.78, 5) is 54.2. The number of hydrogen-bond acceptors (Lipinski definition) is 6. The smallest absolute Gasteiger partial charge is 0.312 e. The minimum atomic E-state index is -2.97. The van der Waals surface area contributed by atoms with Gasteiger partial charge in [0, 0.05) is 26.1 Å². The highest BCUT2D eigenvalue weighted by molar-refractivity contribution is 6.35. The van der Waals surface area contributed by atoms with Crippen LogP contribution in [0.25, 0.3) is 0 Å². The van der Waals surface area contributed by atoms with Crippen LogP contribution >= 0.6 is 0 Å². The Kier molecular flexibility index (Phi) is 7.00. The Morgan fingerprint density at radius 3 is 2.47 bits per heavy atom. The summed E-state index contributed by atoms with van der Waals surface area (Å²) in [5, 5.41) is 15.3. The molecule has 1 unspecified atom stereocenters. The van der Waals surface area contributed by atoms with Crippen LogP contribution in [0.15, 0.2) is 29.1 Å². The number of halogens is 3. The first kappa shape index (κ1) is 25.2. The summed E-state index contributed by atoms with van der Waals surface area (Å²) in [5.41, 5.74) is -0.579. The third kappa shape index (κ3) is 5.50. The number of hydrogen-bond donors (Lipinski definition) is 3. The molecule has 0 spiro atoms. The lowest BCUT2D eigenvalue weighted by Gasteiger charge is -2.38. The van der Waals surface area contributed by atoms with Gasteiger partial charge in [-0.2, -0.15) is 0 Å². The lowest BCUT2D eigenvalue weighted by Crippen LogP contribution is -2.61. The van der Waals surface area contributed by atoms with Crippen LogP contribution in [-0.4, -0.2) is 62.8 Å². The summed E-state index contributed by atoms with van der Waals surface area (Å²) in [6.07, 6.45) is 1.14. The van der Waals surface area contributed by atoms with Crippen molar-refractivity contribution in [3.8, 4) is 5.75 Å². The molecule has 0 aliphatic carbocycles. The number of nitrogens with one attached hydrogen (secondary N) is 2. The Labute approximate surface area is 203 Å². The molecular weight excluding hydrogens is 483 g/mol. The Bertz CT molecular complexity index is 1240. The number of carbonyl (C=O) groups excluding carboxylic acids is 3. The summed E-state index contributed by atoms with van der Waals surface area (Å²) in [6, 6.07) is 5.45. The van der Waals surface area contributed by atoms with Crippen molar-refractivity contribution in [2.24, 2.45) is 5.92 Å². The molecule has 192 valence electrons. The monoisotopic (exact) mass is 507 g/mol. The number of amides is 3. The number of aromatic nitrogens is 2.